The van der Waals surface area contributed by atoms with Gasteiger partial charge in [0.2, 0.25) is 0 Å². The second-order valence-corrected chi connectivity index (χ2v) is 9.49. The van der Waals surface area contributed by atoms with E-state index in [2.05, 4.69) is 13.2 Å². The van der Waals surface area contributed by atoms with Crippen molar-refractivity contribution in [1.82, 2.24) is 0 Å². The maximum absolute atomic E-state index is 11.6. The van der Waals surface area contributed by atoms with Crippen LogP contribution >= 0.6 is 34.4 Å². The van der Waals surface area contributed by atoms with Gasteiger partial charge in [0.25, 0.3) is 0 Å². The molecule has 0 saturated carbocycles. The van der Waals surface area contributed by atoms with Crippen LogP contribution in [0.4, 0.5) is 0 Å². The topological polar surface area (TPSA) is 93.1 Å². The third-order valence-corrected chi connectivity index (χ3v) is 7.10. The molecule has 0 fully saturated rings. The fraction of sp³-hybridized carbons (Fsp3) is 0.300. The second kappa shape index (κ2) is 10.7. The van der Waals surface area contributed by atoms with E-state index < -0.39 is 24.1 Å². The summed E-state index contributed by atoms with van der Waals surface area (Å²) in [6.07, 6.45) is 1.51. The lowest BCUT2D eigenvalue weighted by Gasteiger charge is -2.11. The van der Waals surface area contributed by atoms with Crippen LogP contribution in [0.25, 0.3) is 0 Å². The zero-order valence-corrected chi connectivity index (χ0v) is 18.5. The SMILES string of the molecule is C=CC(=O)Oc1csc(Sc2scc(OC(=O)C=C)c2CC(C)O)c1CC(C)O. The number of aliphatic hydroxyl groups excluding tert-OH is 2. The molecule has 2 N–H and O–H groups in total. The predicted molar refractivity (Wildman–Crippen MR) is 115 cm³/mol. The first-order chi connectivity index (χ1) is 13.7. The Bertz CT molecular complexity index is 822. The lowest BCUT2D eigenvalue weighted by Crippen LogP contribution is -2.09. The summed E-state index contributed by atoms with van der Waals surface area (Å²) in [7, 11) is 0. The minimum atomic E-state index is -0.630. The molecule has 0 bridgehead atoms. The van der Waals surface area contributed by atoms with Crippen molar-refractivity contribution >= 4 is 46.4 Å². The van der Waals surface area contributed by atoms with Crippen molar-refractivity contribution in [3.05, 3.63) is 47.2 Å². The lowest BCUT2D eigenvalue weighted by atomic mass is 10.1. The lowest BCUT2D eigenvalue weighted by molar-refractivity contribution is -0.129. The maximum atomic E-state index is 11.6. The summed E-state index contributed by atoms with van der Waals surface area (Å²) < 4.78 is 12.3. The first-order valence-electron chi connectivity index (χ1n) is 8.68. The van der Waals surface area contributed by atoms with Gasteiger partial charge in [-0.05, 0) is 13.8 Å². The molecule has 2 atom stereocenters. The van der Waals surface area contributed by atoms with Gasteiger partial charge in [0.15, 0.2) is 0 Å². The summed E-state index contributed by atoms with van der Waals surface area (Å²) in [6, 6.07) is 0. The fourth-order valence-electron chi connectivity index (χ4n) is 2.39. The van der Waals surface area contributed by atoms with Crippen LogP contribution in [0, 0.1) is 0 Å². The molecule has 0 aliphatic rings. The molecule has 2 unspecified atom stereocenters. The number of hydrogen-bond donors (Lipinski definition) is 2. The Morgan fingerprint density at radius 2 is 1.34 bits per heavy atom. The first kappa shape index (κ1) is 23.4. The number of aliphatic hydroxyl groups is 2. The van der Waals surface area contributed by atoms with E-state index in [9.17, 15) is 19.8 Å². The fourth-order valence-corrected chi connectivity index (χ4v) is 5.96. The van der Waals surface area contributed by atoms with Gasteiger partial charge in [0, 0.05) is 46.9 Å². The number of carbonyl (C=O) groups is 2. The molecule has 0 aliphatic carbocycles. The number of hydrogen-bond acceptors (Lipinski definition) is 9. The van der Waals surface area contributed by atoms with Gasteiger partial charge in [-0.1, -0.05) is 24.9 Å². The summed E-state index contributed by atoms with van der Waals surface area (Å²) >= 11 is 4.18. The smallest absolute Gasteiger partial charge is 0.335 e. The summed E-state index contributed by atoms with van der Waals surface area (Å²) in [5.74, 6) is -0.378. The van der Waals surface area contributed by atoms with Gasteiger partial charge in [0.1, 0.15) is 11.5 Å². The van der Waals surface area contributed by atoms with Gasteiger partial charge < -0.3 is 19.7 Å². The van der Waals surface area contributed by atoms with Crippen LogP contribution in [-0.2, 0) is 22.4 Å². The van der Waals surface area contributed by atoms with Crippen LogP contribution in [0.5, 0.6) is 11.5 Å². The average Bonchev–Trinajstić information content (AvgIpc) is 3.19. The van der Waals surface area contributed by atoms with Crippen LogP contribution in [0.1, 0.15) is 25.0 Å². The molecule has 156 valence electrons. The monoisotopic (exact) mass is 454 g/mol. The van der Waals surface area contributed by atoms with Gasteiger partial charge in [-0.25, -0.2) is 9.59 Å². The maximum Gasteiger partial charge on any atom is 0.335 e. The summed E-state index contributed by atoms with van der Waals surface area (Å²) in [6.45, 7) is 10.1. The highest BCUT2D eigenvalue weighted by Gasteiger charge is 2.22. The van der Waals surface area contributed by atoms with E-state index in [0.717, 1.165) is 20.6 Å². The predicted octanol–water partition coefficient (Wildman–Crippen LogP) is 3.99. The molecule has 9 heteroatoms. The van der Waals surface area contributed by atoms with Crippen LogP contribution in [0.2, 0.25) is 0 Å². The van der Waals surface area contributed by atoms with Crippen LogP contribution in [0.15, 0.2) is 44.5 Å². The van der Waals surface area contributed by atoms with Gasteiger partial charge in [-0.2, -0.15) is 0 Å². The summed E-state index contributed by atoms with van der Waals surface area (Å²) in [5, 5.41) is 23.2. The highest BCUT2D eigenvalue weighted by Crippen LogP contribution is 2.47. The van der Waals surface area contributed by atoms with Crippen molar-refractivity contribution in [3.8, 4) is 11.5 Å². The molecule has 2 rings (SSSR count). The number of thiophene rings is 2. The van der Waals surface area contributed by atoms with Gasteiger partial charge in [-0.15, -0.1) is 22.7 Å². The van der Waals surface area contributed by atoms with Crippen LogP contribution in [0.3, 0.4) is 0 Å². The summed E-state index contributed by atoms with van der Waals surface area (Å²) in [4.78, 5) is 23.2. The van der Waals surface area contributed by atoms with E-state index in [0.29, 0.717) is 35.5 Å². The molecule has 0 saturated heterocycles. The van der Waals surface area contributed by atoms with E-state index in [1.54, 1.807) is 24.6 Å². The number of esters is 2. The van der Waals surface area contributed by atoms with E-state index in [1.165, 1.54) is 34.4 Å². The van der Waals surface area contributed by atoms with Crippen molar-refractivity contribution in [2.24, 2.45) is 0 Å². The quantitative estimate of drug-likeness (QED) is 0.414. The van der Waals surface area contributed by atoms with Crippen LogP contribution < -0.4 is 9.47 Å². The van der Waals surface area contributed by atoms with Crippen molar-refractivity contribution in [2.75, 3.05) is 0 Å². The molecular formula is C20H22O6S3. The molecular weight excluding hydrogens is 432 g/mol. The average molecular weight is 455 g/mol. The zero-order valence-electron chi connectivity index (χ0n) is 16.0. The first-order valence-corrected chi connectivity index (χ1v) is 11.3. The Hall–Kier alpha value is -1.91. The van der Waals surface area contributed by atoms with E-state index in [-0.39, 0.29) is 0 Å². The molecule has 0 aromatic carbocycles. The Balaban J connectivity index is 2.39. The molecule has 0 aliphatic heterocycles. The van der Waals surface area contributed by atoms with Crippen molar-refractivity contribution < 1.29 is 29.3 Å². The van der Waals surface area contributed by atoms with Gasteiger partial charge in [0.05, 0.1) is 20.6 Å². The largest absolute Gasteiger partial charge is 0.422 e. The minimum absolute atomic E-state index is 0.307. The molecule has 2 heterocycles. The molecule has 0 amide bonds. The Labute approximate surface area is 181 Å². The normalized spacial score (nSPS) is 12.8. The van der Waals surface area contributed by atoms with Gasteiger partial charge in [-0.3, -0.25) is 0 Å². The number of carbonyl (C=O) groups excluding carboxylic acids is 2. The summed E-state index contributed by atoms with van der Waals surface area (Å²) in [5.41, 5.74) is 1.43. The van der Waals surface area contributed by atoms with Gasteiger partial charge >= 0.3 is 11.9 Å². The Morgan fingerprint density at radius 3 is 1.66 bits per heavy atom. The zero-order chi connectivity index (χ0) is 21.6. The van der Waals surface area contributed by atoms with E-state index in [1.807, 2.05) is 0 Å². The van der Waals surface area contributed by atoms with Crippen molar-refractivity contribution in [1.29, 1.82) is 0 Å². The van der Waals surface area contributed by atoms with Crippen molar-refractivity contribution in [2.45, 2.75) is 47.3 Å². The van der Waals surface area contributed by atoms with E-state index >= 15 is 0 Å². The molecule has 29 heavy (non-hydrogen) atoms. The minimum Gasteiger partial charge on any atom is -0.422 e. The van der Waals surface area contributed by atoms with E-state index in [4.69, 9.17) is 9.47 Å². The molecule has 6 nitrogen and oxygen atoms in total. The standard InChI is InChI=1S/C20H22O6S3/c1-5-17(23)25-15-9-27-19(13(15)7-11(3)21)29-20-14(8-12(4)22)16(10-28-20)26-18(24)6-2/h5-6,9-12,21-22H,1-2,7-8H2,3-4H3. The molecule has 2 aromatic heterocycles. The highest BCUT2D eigenvalue weighted by atomic mass is 32.2. The Kier molecular flexibility index (Phi) is 8.66. The molecule has 0 radical (unpaired) electrons. The Morgan fingerprint density at radius 1 is 0.966 bits per heavy atom. The van der Waals surface area contributed by atoms with Crippen molar-refractivity contribution in [3.63, 3.8) is 0 Å². The van der Waals surface area contributed by atoms with Crippen LogP contribution in [-0.4, -0.2) is 34.4 Å². The molecule has 0 spiro atoms. The highest BCUT2D eigenvalue weighted by molar-refractivity contribution is 8.03. The third-order valence-electron chi connectivity index (χ3n) is 3.57. The third kappa shape index (κ3) is 6.55. The second-order valence-electron chi connectivity index (χ2n) is 6.19. The molecule has 2 aromatic rings. The number of rotatable bonds is 10. The number of ether oxygens (including phenoxy) is 2.